The van der Waals surface area contributed by atoms with Crippen molar-refractivity contribution >= 4 is 11.5 Å². The van der Waals surface area contributed by atoms with Crippen molar-refractivity contribution in [3.63, 3.8) is 0 Å². The molecule has 1 heterocycles. The molecule has 5 aliphatic rings. The van der Waals surface area contributed by atoms with Crippen molar-refractivity contribution in [2.24, 2.45) is 39.7 Å². The molecule has 2 N–H and O–H groups in total. The minimum Gasteiger partial charge on any atom is -0.391 e. The van der Waals surface area contributed by atoms with Gasteiger partial charge in [-0.3, -0.25) is 4.79 Å². The van der Waals surface area contributed by atoms with Crippen molar-refractivity contribution in [1.29, 1.82) is 0 Å². The van der Waals surface area contributed by atoms with Gasteiger partial charge in [0.05, 0.1) is 11.3 Å². The summed E-state index contributed by atoms with van der Waals surface area (Å²) in [6, 6.07) is 0. The van der Waals surface area contributed by atoms with Crippen LogP contribution >= 0.6 is 0 Å². The van der Waals surface area contributed by atoms with Crippen LogP contribution in [0.1, 0.15) is 78.6 Å². The number of ketones is 1. The molecular formula is C24H38N2O3. The highest BCUT2D eigenvalue weighted by atomic mass is 16.6. The van der Waals surface area contributed by atoms with Gasteiger partial charge in [-0.2, -0.15) is 0 Å². The molecule has 5 rings (SSSR count). The van der Waals surface area contributed by atoms with E-state index in [1.54, 1.807) is 0 Å². The Balaban J connectivity index is 1.39. The Morgan fingerprint density at radius 1 is 1.14 bits per heavy atom. The lowest BCUT2D eigenvalue weighted by Crippen LogP contribution is -2.64. The lowest BCUT2D eigenvalue weighted by molar-refractivity contribution is -0.206. The summed E-state index contributed by atoms with van der Waals surface area (Å²) >= 11 is 0. The number of Topliss-reactive ketones (excluding diaryl/α,β-unsaturated/α-hetero) is 1. The molecule has 29 heavy (non-hydrogen) atoms. The minimum atomic E-state index is -0.696. The van der Waals surface area contributed by atoms with Crippen molar-refractivity contribution in [2.75, 3.05) is 13.1 Å². The predicted molar refractivity (Wildman–Crippen MR) is 113 cm³/mol. The molecular weight excluding hydrogens is 364 g/mol. The summed E-state index contributed by atoms with van der Waals surface area (Å²) in [4.78, 5) is 18.5. The highest BCUT2D eigenvalue weighted by Crippen LogP contribution is 2.67. The normalized spacial score (nSPS) is 53.4. The van der Waals surface area contributed by atoms with Crippen molar-refractivity contribution < 1.29 is 14.7 Å². The van der Waals surface area contributed by atoms with Crippen molar-refractivity contribution in [3.05, 3.63) is 0 Å². The number of aliphatic hydroxyl groups is 1. The van der Waals surface area contributed by atoms with E-state index in [1.165, 1.54) is 0 Å². The van der Waals surface area contributed by atoms with E-state index in [2.05, 4.69) is 31.2 Å². The SMILES string of the molecule is C[C@@H]1C[C@@]2(O)C/C(=N\O[C@H]3CCNC3)CC[C@]2(C)[C@H]2CC[C@]3(C)C(=O)CC[C@H]3[C@H]12. The Labute approximate surface area is 175 Å². The largest absolute Gasteiger partial charge is 0.391 e. The minimum absolute atomic E-state index is 0.0783. The molecule has 0 bridgehead atoms. The monoisotopic (exact) mass is 402 g/mol. The third kappa shape index (κ3) is 2.86. The number of carbonyl (C=O) groups excluding carboxylic acids is 1. The Hall–Kier alpha value is -0.940. The topological polar surface area (TPSA) is 70.9 Å². The number of hydrogen-bond acceptors (Lipinski definition) is 5. The van der Waals surface area contributed by atoms with Gasteiger partial charge < -0.3 is 15.3 Å². The Kier molecular flexibility index (Phi) is 4.67. The van der Waals surface area contributed by atoms with E-state index in [1.807, 2.05) is 0 Å². The first-order chi connectivity index (χ1) is 13.8. The van der Waals surface area contributed by atoms with Gasteiger partial charge in [0.15, 0.2) is 0 Å². The first-order valence-electron chi connectivity index (χ1n) is 11.9. The molecule has 0 unspecified atom stereocenters. The Morgan fingerprint density at radius 3 is 2.72 bits per heavy atom. The van der Waals surface area contributed by atoms with Crippen LogP contribution in [0.25, 0.3) is 0 Å². The molecule has 8 atom stereocenters. The second-order valence-corrected chi connectivity index (χ2v) is 11.4. The third-order valence-corrected chi connectivity index (χ3v) is 10.0. The van der Waals surface area contributed by atoms with Crippen LogP contribution in [0, 0.1) is 34.5 Å². The fraction of sp³-hybridized carbons (Fsp3) is 0.917. The zero-order valence-corrected chi connectivity index (χ0v) is 18.4. The van der Waals surface area contributed by atoms with E-state index in [0.717, 1.165) is 70.2 Å². The van der Waals surface area contributed by atoms with Gasteiger partial charge in [-0.1, -0.05) is 25.9 Å². The van der Waals surface area contributed by atoms with Gasteiger partial charge in [-0.25, -0.2) is 0 Å². The number of hydrogen-bond donors (Lipinski definition) is 2. The number of nitrogens with one attached hydrogen (secondary N) is 1. The average Bonchev–Trinajstić information content (AvgIpc) is 3.30. The van der Waals surface area contributed by atoms with Gasteiger partial charge in [-0.15, -0.1) is 0 Å². The summed E-state index contributed by atoms with van der Waals surface area (Å²) in [5, 5.41) is 19.8. The highest BCUT2D eigenvalue weighted by Gasteiger charge is 2.66. The number of carbonyl (C=O) groups is 1. The molecule has 0 aromatic heterocycles. The van der Waals surface area contributed by atoms with Crippen molar-refractivity contribution in [2.45, 2.75) is 90.3 Å². The molecule has 0 aromatic rings. The average molecular weight is 403 g/mol. The Morgan fingerprint density at radius 2 is 1.97 bits per heavy atom. The maximum Gasteiger partial charge on any atom is 0.141 e. The summed E-state index contributed by atoms with van der Waals surface area (Å²) < 4.78 is 0. The van der Waals surface area contributed by atoms with E-state index in [9.17, 15) is 9.90 Å². The summed E-state index contributed by atoms with van der Waals surface area (Å²) in [5.74, 6) is 2.55. The first kappa shape index (κ1) is 20.0. The van der Waals surface area contributed by atoms with E-state index >= 15 is 0 Å². The third-order valence-electron chi connectivity index (χ3n) is 10.0. The van der Waals surface area contributed by atoms with Gasteiger partial charge in [-0.05, 0) is 68.7 Å². The summed E-state index contributed by atoms with van der Waals surface area (Å²) in [6.07, 6.45) is 8.51. The van der Waals surface area contributed by atoms with Crippen LogP contribution < -0.4 is 5.32 Å². The molecule has 5 fully saturated rings. The van der Waals surface area contributed by atoms with Crippen LogP contribution in [0.2, 0.25) is 0 Å². The zero-order chi connectivity index (χ0) is 20.4. The molecule has 0 radical (unpaired) electrons. The van der Waals surface area contributed by atoms with Gasteiger partial charge in [0.25, 0.3) is 0 Å². The van der Waals surface area contributed by atoms with Gasteiger partial charge in [0.1, 0.15) is 11.9 Å². The van der Waals surface area contributed by atoms with E-state index in [-0.39, 0.29) is 16.9 Å². The highest BCUT2D eigenvalue weighted by molar-refractivity contribution is 5.87. The van der Waals surface area contributed by atoms with Gasteiger partial charge in [0.2, 0.25) is 0 Å². The van der Waals surface area contributed by atoms with Crippen LogP contribution in [0.15, 0.2) is 5.16 Å². The van der Waals surface area contributed by atoms with Crippen LogP contribution in [-0.4, -0.2) is 41.4 Å². The fourth-order valence-electron chi connectivity index (χ4n) is 8.22. The smallest absolute Gasteiger partial charge is 0.141 e. The molecule has 5 heteroatoms. The predicted octanol–water partition coefficient (Wildman–Crippen LogP) is 3.69. The lowest BCUT2D eigenvalue weighted by atomic mass is 9.41. The van der Waals surface area contributed by atoms with Gasteiger partial charge >= 0.3 is 0 Å². The fourth-order valence-corrected chi connectivity index (χ4v) is 8.22. The van der Waals surface area contributed by atoms with E-state index < -0.39 is 5.60 Å². The Bertz CT molecular complexity index is 717. The molecule has 0 spiro atoms. The number of nitrogens with zero attached hydrogens (tertiary/aromatic N) is 1. The molecule has 1 saturated heterocycles. The lowest BCUT2D eigenvalue weighted by Gasteiger charge is -2.64. The molecule has 162 valence electrons. The molecule has 0 aromatic carbocycles. The summed E-state index contributed by atoms with van der Waals surface area (Å²) in [6.45, 7) is 8.78. The second-order valence-electron chi connectivity index (χ2n) is 11.4. The summed E-state index contributed by atoms with van der Waals surface area (Å²) in [7, 11) is 0. The second kappa shape index (κ2) is 6.78. The maximum atomic E-state index is 12.7. The molecule has 0 amide bonds. The van der Waals surface area contributed by atoms with Crippen LogP contribution in [0.4, 0.5) is 0 Å². The first-order valence-corrected chi connectivity index (χ1v) is 11.9. The molecule has 5 nitrogen and oxygen atoms in total. The maximum absolute atomic E-state index is 12.7. The quantitative estimate of drug-likeness (QED) is 0.691. The molecule has 4 saturated carbocycles. The standard InChI is InChI=1S/C24H38N2O3/c1-15-12-24(28)13-16(26-29-17-8-11-25-14-17)6-10-23(24,3)19-7-9-22(2)18(21(15)19)4-5-20(22)27/h15,17-19,21,25,28H,4-14H2,1-3H3/b26-16-/t15-,17+,18+,19+,21+,22+,23-,24-/m1/s1. The molecule has 4 aliphatic carbocycles. The van der Waals surface area contributed by atoms with Crippen LogP contribution in [0.5, 0.6) is 0 Å². The zero-order valence-electron chi connectivity index (χ0n) is 18.4. The van der Waals surface area contributed by atoms with Crippen LogP contribution in [0.3, 0.4) is 0 Å². The number of oxime groups is 1. The van der Waals surface area contributed by atoms with Crippen LogP contribution in [-0.2, 0) is 9.63 Å². The number of fused-ring (bicyclic) bond motifs is 5. The molecule has 1 aliphatic heterocycles. The van der Waals surface area contributed by atoms with E-state index in [4.69, 9.17) is 4.84 Å². The number of rotatable bonds is 2. The summed E-state index contributed by atoms with van der Waals surface area (Å²) in [5.41, 5.74) is 0.161. The van der Waals surface area contributed by atoms with Gasteiger partial charge in [0, 0.05) is 36.6 Å². The van der Waals surface area contributed by atoms with Crippen molar-refractivity contribution in [1.82, 2.24) is 5.32 Å². The van der Waals surface area contributed by atoms with Crippen molar-refractivity contribution in [3.8, 4) is 0 Å². The van der Waals surface area contributed by atoms with E-state index in [0.29, 0.717) is 35.9 Å².